The maximum Gasteiger partial charge on any atom is 0.328 e. The number of fused-ring (bicyclic) bond motifs is 3. The highest BCUT2D eigenvalue weighted by Gasteiger charge is 2.51. The van der Waals surface area contributed by atoms with Gasteiger partial charge < -0.3 is 25.3 Å². The van der Waals surface area contributed by atoms with Crippen molar-refractivity contribution in [1.29, 1.82) is 0 Å². The number of rotatable bonds is 3. The number of benzene rings is 1. The van der Waals surface area contributed by atoms with Crippen LogP contribution in [0, 0.1) is 0 Å². The number of nitrogens with one attached hydrogen (secondary N) is 2. The Morgan fingerprint density at radius 2 is 2.00 bits per heavy atom. The summed E-state index contributed by atoms with van der Waals surface area (Å²) in [5.74, 6) is -2.14. The van der Waals surface area contributed by atoms with E-state index in [-0.39, 0.29) is 12.2 Å². The molecule has 116 valence electrons. The van der Waals surface area contributed by atoms with E-state index >= 15 is 0 Å². The minimum atomic E-state index is -2.02. The first-order valence-corrected chi connectivity index (χ1v) is 6.87. The summed E-state index contributed by atoms with van der Waals surface area (Å²) in [7, 11) is 1.54. The second-order valence-corrected chi connectivity index (χ2v) is 5.33. The normalized spacial score (nSPS) is 16.8. The average molecular weight is 304 g/mol. The Morgan fingerprint density at radius 3 is 2.64 bits per heavy atom. The Labute approximate surface area is 125 Å². The smallest absolute Gasteiger partial charge is 0.328 e. The predicted octanol–water partition coefficient (Wildman–Crippen LogP) is 0.729. The number of carbonyl (C=O) groups is 2. The van der Waals surface area contributed by atoms with Crippen LogP contribution in [-0.2, 0) is 21.4 Å². The second-order valence-electron chi connectivity index (χ2n) is 5.33. The van der Waals surface area contributed by atoms with E-state index in [1.54, 1.807) is 12.1 Å². The Hall–Kier alpha value is -2.54. The molecule has 0 bridgehead atoms. The number of aromatic amines is 1. The van der Waals surface area contributed by atoms with Crippen molar-refractivity contribution in [1.82, 2.24) is 10.3 Å². The van der Waals surface area contributed by atoms with Gasteiger partial charge in [-0.2, -0.15) is 0 Å². The van der Waals surface area contributed by atoms with Gasteiger partial charge in [-0.05, 0) is 30.7 Å². The van der Waals surface area contributed by atoms with Crippen LogP contribution >= 0.6 is 0 Å². The first kappa shape index (κ1) is 14.4. The third kappa shape index (κ3) is 1.86. The van der Waals surface area contributed by atoms with Crippen molar-refractivity contribution in [3.8, 4) is 5.75 Å². The number of aromatic nitrogens is 1. The van der Waals surface area contributed by atoms with Crippen molar-refractivity contribution in [2.45, 2.75) is 11.8 Å². The minimum absolute atomic E-state index is 0.158. The van der Waals surface area contributed by atoms with Gasteiger partial charge in [-0.1, -0.05) is 0 Å². The number of methoxy groups -OCH3 is 1. The Bertz CT molecular complexity index is 751. The van der Waals surface area contributed by atoms with Crippen LogP contribution in [0.5, 0.6) is 5.75 Å². The molecule has 0 aliphatic carbocycles. The van der Waals surface area contributed by atoms with Gasteiger partial charge in [0.2, 0.25) is 5.41 Å². The van der Waals surface area contributed by atoms with Crippen molar-refractivity contribution in [3.63, 3.8) is 0 Å². The third-order valence-corrected chi connectivity index (χ3v) is 4.21. The van der Waals surface area contributed by atoms with Gasteiger partial charge in [0.25, 0.3) is 0 Å². The molecule has 22 heavy (non-hydrogen) atoms. The molecular formula is C15H16N2O5. The predicted molar refractivity (Wildman–Crippen MR) is 78.4 cm³/mol. The lowest BCUT2D eigenvalue weighted by molar-refractivity contribution is -0.157. The number of H-pyrrole nitrogens is 1. The van der Waals surface area contributed by atoms with Gasteiger partial charge in [-0.3, -0.25) is 9.59 Å². The molecule has 0 saturated carbocycles. The highest BCUT2D eigenvalue weighted by atomic mass is 16.5. The van der Waals surface area contributed by atoms with Gasteiger partial charge in [0, 0.05) is 29.2 Å². The first-order valence-electron chi connectivity index (χ1n) is 6.87. The molecule has 7 nitrogen and oxygen atoms in total. The molecule has 1 aliphatic rings. The molecule has 0 unspecified atom stereocenters. The van der Waals surface area contributed by atoms with E-state index in [0.717, 1.165) is 10.9 Å². The molecular weight excluding hydrogens is 288 g/mol. The number of carboxylic acid groups (broad SMARTS) is 2. The molecule has 0 fully saturated rings. The molecule has 3 rings (SSSR count). The van der Waals surface area contributed by atoms with Gasteiger partial charge in [0.15, 0.2) is 0 Å². The fourth-order valence-corrected chi connectivity index (χ4v) is 3.02. The molecule has 0 amide bonds. The highest BCUT2D eigenvalue weighted by Crippen LogP contribution is 2.35. The first-order chi connectivity index (χ1) is 10.5. The van der Waals surface area contributed by atoms with Gasteiger partial charge in [-0.25, -0.2) is 0 Å². The molecule has 7 heteroatoms. The number of ether oxygens (including phenoxy) is 1. The van der Waals surface area contributed by atoms with E-state index in [2.05, 4.69) is 10.3 Å². The Morgan fingerprint density at radius 1 is 1.27 bits per heavy atom. The molecule has 0 radical (unpaired) electrons. The Kier molecular flexibility index (Phi) is 3.29. The fraction of sp³-hybridized carbons (Fsp3) is 0.333. The summed E-state index contributed by atoms with van der Waals surface area (Å²) in [4.78, 5) is 26.5. The van der Waals surface area contributed by atoms with Gasteiger partial charge >= 0.3 is 11.9 Å². The molecule has 1 aliphatic heterocycles. The quantitative estimate of drug-likeness (QED) is 0.622. The van der Waals surface area contributed by atoms with Crippen molar-refractivity contribution >= 4 is 22.8 Å². The zero-order valence-electron chi connectivity index (χ0n) is 12.0. The summed E-state index contributed by atoms with van der Waals surface area (Å²) in [5, 5.41) is 22.9. The van der Waals surface area contributed by atoms with E-state index in [9.17, 15) is 19.8 Å². The lowest BCUT2D eigenvalue weighted by Gasteiger charge is -2.23. The second kappa shape index (κ2) is 5.03. The molecule has 0 spiro atoms. The van der Waals surface area contributed by atoms with Crippen LogP contribution < -0.4 is 10.1 Å². The summed E-state index contributed by atoms with van der Waals surface area (Å²) < 4.78 is 5.16. The average Bonchev–Trinajstić information content (AvgIpc) is 2.73. The molecule has 0 atom stereocenters. The van der Waals surface area contributed by atoms with Crippen molar-refractivity contribution in [2.75, 3.05) is 20.2 Å². The van der Waals surface area contributed by atoms with Crippen LogP contribution in [0.25, 0.3) is 10.9 Å². The molecule has 1 aromatic carbocycles. The number of hydrogen-bond acceptors (Lipinski definition) is 4. The van der Waals surface area contributed by atoms with Gasteiger partial charge in [0.1, 0.15) is 5.75 Å². The number of aliphatic carboxylic acids is 2. The van der Waals surface area contributed by atoms with E-state index in [4.69, 9.17) is 4.74 Å². The topological polar surface area (TPSA) is 112 Å². The number of hydrogen-bond donors (Lipinski definition) is 4. The lowest BCUT2D eigenvalue weighted by atomic mass is 9.82. The number of carboxylic acids is 2. The summed E-state index contributed by atoms with van der Waals surface area (Å²) in [6, 6.07) is 5.34. The SMILES string of the molecule is COc1ccc2c3c([nH]c2c1)C(C(=O)O)(C(=O)O)CNCC3. The van der Waals surface area contributed by atoms with Gasteiger partial charge in [-0.15, -0.1) is 0 Å². The summed E-state index contributed by atoms with van der Waals surface area (Å²) in [6.07, 6.45) is 0.559. The maximum atomic E-state index is 11.8. The third-order valence-electron chi connectivity index (χ3n) is 4.21. The summed E-state index contributed by atoms with van der Waals surface area (Å²) >= 11 is 0. The fourth-order valence-electron chi connectivity index (χ4n) is 3.02. The zero-order chi connectivity index (χ0) is 15.9. The zero-order valence-corrected chi connectivity index (χ0v) is 12.0. The van der Waals surface area contributed by atoms with Crippen LogP contribution in [0.15, 0.2) is 18.2 Å². The van der Waals surface area contributed by atoms with E-state index < -0.39 is 17.4 Å². The largest absolute Gasteiger partial charge is 0.497 e. The van der Waals surface area contributed by atoms with E-state index in [1.165, 1.54) is 7.11 Å². The van der Waals surface area contributed by atoms with Crippen LogP contribution in [0.1, 0.15) is 11.3 Å². The molecule has 0 saturated heterocycles. The molecule has 2 heterocycles. The van der Waals surface area contributed by atoms with E-state index in [0.29, 0.717) is 24.2 Å². The summed E-state index contributed by atoms with van der Waals surface area (Å²) in [5.41, 5.74) is -0.371. The monoisotopic (exact) mass is 304 g/mol. The van der Waals surface area contributed by atoms with Crippen molar-refractivity contribution in [2.24, 2.45) is 0 Å². The molecule has 2 aromatic rings. The van der Waals surface area contributed by atoms with Crippen molar-refractivity contribution in [3.05, 3.63) is 29.5 Å². The van der Waals surface area contributed by atoms with Crippen LogP contribution in [0.4, 0.5) is 0 Å². The Balaban J connectivity index is 2.32. The lowest BCUT2D eigenvalue weighted by Crippen LogP contribution is -2.50. The van der Waals surface area contributed by atoms with Crippen LogP contribution in [-0.4, -0.2) is 47.3 Å². The van der Waals surface area contributed by atoms with E-state index in [1.807, 2.05) is 6.07 Å². The van der Waals surface area contributed by atoms with Crippen molar-refractivity contribution < 1.29 is 24.5 Å². The standard InChI is InChI=1S/C15H16N2O5/c1-22-8-2-3-9-10-4-5-16-7-15(13(18)19,14(20)21)12(10)17-11(9)6-8/h2-3,6,16-17H,4-5,7H2,1H3,(H,18,19)(H,20,21). The highest BCUT2D eigenvalue weighted by molar-refractivity contribution is 6.06. The van der Waals surface area contributed by atoms with Crippen LogP contribution in [0.2, 0.25) is 0 Å². The molecule has 4 N–H and O–H groups in total. The summed E-state index contributed by atoms with van der Waals surface area (Å²) in [6.45, 7) is 0.364. The molecule has 1 aromatic heterocycles. The maximum absolute atomic E-state index is 11.8. The minimum Gasteiger partial charge on any atom is -0.497 e. The van der Waals surface area contributed by atoms with Gasteiger partial charge in [0.05, 0.1) is 7.11 Å². The van der Waals surface area contributed by atoms with Crippen LogP contribution in [0.3, 0.4) is 0 Å².